The van der Waals surface area contributed by atoms with E-state index in [1.54, 1.807) is 19.1 Å². The molecule has 1 heterocycles. The second-order valence-electron chi connectivity index (χ2n) is 8.77. The molecule has 216 valence electrons. The summed E-state index contributed by atoms with van der Waals surface area (Å²) in [7, 11) is 0. The summed E-state index contributed by atoms with van der Waals surface area (Å²) in [5.74, 6) is -1.14. The normalized spacial score (nSPS) is 13.8. The molecular weight excluding hydrogens is 568 g/mol. The molecule has 3 amide bonds. The summed E-state index contributed by atoms with van der Waals surface area (Å²) in [6, 6.07) is 14.7. The van der Waals surface area contributed by atoms with Gasteiger partial charge < -0.3 is 14.8 Å². The van der Waals surface area contributed by atoms with Gasteiger partial charge in [-0.25, -0.2) is 0 Å². The van der Waals surface area contributed by atoms with Crippen molar-refractivity contribution in [2.24, 2.45) is 0 Å². The Morgan fingerprint density at radius 3 is 2.31 bits per heavy atom. The number of rotatable bonds is 11. The average molecular weight is 593 g/mol. The molecule has 14 heteroatoms. The lowest BCUT2D eigenvalue weighted by atomic mass is 10.1. The van der Waals surface area contributed by atoms with E-state index in [9.17, 15) is 34.6 Å². The third-order valence-electron chi connectivity index (χ3n) is 5.96. The molecule has 1 aliphatic heterocycles. The molecule has 0 aliphatic carbocycles. The summed E-state index contributed by atoms with van der Waals surface area (Å²) >= 11 is 0.681. The van der Waals surface area contributed by atoms with E-state index in [1.165, 1.54) is 24.3 Å². The summed E-state index contributed by atoms with van der Waals surface area (Å²) < 4.78 is 11.3. The van der Waals surface area contributed by atoms with Crippen molar-refractivity contribution < 1.29 is 33.7 Å². The van der Waals surface area contributed by atoms with E-state index in [0.29, 0.717) is 23.0 Å². The molecule has 4 rings (SSSR count). The maximum atomic E-state index is 13.0. The van der Waals surface area contributed by atoms with Crippen molar-refractivity contribution >= 4 is 52.0 Å². The van der Waals surface area contributed by atoms with Gasteiger partial charge in [0.15, 0.2) is 11.5 Å². The largest absolute Gasteiger partial charge is 0.490 e. The monoisotopic (exact) mass is 592 g/mol. The molecule has 0 bridgehead atoms. The molecular formula is C28H24N4O9S. The number of anilines is 1. The topological polar surface area (TPSA) is 171 Å². The first-order valence-corrected chi connectivity index (χ1v) is 13.4. The summed E-state index contributed by atoms with van der Waals surface area (Å²) in [5, 5.41) is 24.6. The van der Waals surface area contributed by atoms with Crippen LogP contribution in [-0.2, 0) is 16.0 Å². The van der Waals surface area contributed by atoms with E-state index in [4.69, 9.17) is 9.47 Å². The highest BCUT2D eigenvalue weighted by Gasteiger charge is 2.36. The fourth-order valence-corrected chi connectivity index (χ4v) is 4.73. The van der Waals surface area contributed by atoms with Crippen LogP contribution in [-0.4, -0.2) is 45.0 Å². The van der Waals surface area contributed by atoms with Crippen LogP contribution in [0.1, 0.15) is 25.0 Å². The Hall–Kier alpha value is -5.24. The maximum Gasteiger partial charge on any atom is 0.318 e. The Kier molecular flexibility index (Phi) is 9.17. The van der Waals surface area contributed by atoms with E-state index in [1.807, 2.05) is 19.1 Å². The fraction of sp³-hybridized carbons (Fsp3) is 0.179. The second-order valence-corrected chi connectivity index (χ2v) is 9.77. The number of nitrogens with zero attached hydrogens (tertiary/aromatic N) is 3. The van der Waals surface area contributed by atoms with Crippen LogP contribution >= 0.6 is 11.8 Å². The van der Waals surface area contributed by atoms with Crippen LogP contribution < -0.4 is 14.8 Å². The summed E-state index contributed by atoms with van der Waals surface area (Å²) in [6.45, 7) is 3.47. The van der Waals surface area contributed by atoms with Crippen LogP contribution in [0.2, 0.25) is 0 Å². The van der Waals surface area contributed by atoms with E-state index < -0.39 is 44.8 Å². The van der Waals surface area contributed by atoms with Crippen molar-refractivity contribution in [3.8, 4) is 17.2 Å². The van der Waals surface area contributed by atoms with Crippen LogP contribution in [0.15, 0.2) is 65.6 Å². The van der Waals surface area contributed by atoms with Crippen molar-refractivity contribution in [2.45, 2.75) is 20.3 Å². The van der Waals surface area contributed by atoms with Crippen molar-refractivity contribution in [1.82, 2.24) is 4.90 Å². The summed E-state index contributed by atoms with van der Waals surface area (Å²) in [5.41, 5.74) is 1.03. The summed E-state index contributed by atoms with van der Waals surface area (Å²) in [4.78, 5) is 59.9. The first-order valence-electron chi connectivity index (χ1n) is 12.6. The number of aryl methyl sites for hydroxylation is 1. The van der Waals surface area contributed by atoms with E-state index in [2.05, 4.69) is 5.32 Å². The molecule has 1 aliphatic rings. The standard InChI is InChI=1S/C28H24N4O9S/c1-3-17-5-8-19(9-6-17)29-26(33)16-30-27(34)25(42-28(30)35)14-18-7-11-23(24(13-18)40-4-2)41-22-12-10-20(31(36)37)15-21(22)32(38)39/h5-15H,3-4,16H2,1-2H3,(H,29,33)/b25-14+. The van der Waals surface area contributed by atoms with Crippen molar-refractivity contribution in [3.63, 3.8) is 0 Å². The van der Waals surface area contributed by atoms with Gasteiger partial charge in [0.1, 0.15) is 6.54 Å². The molecule has 0 radical (unpaired) electrons. The number of hydrogen-bond acceptors (Lipinski definition) is 10. The van der Waals surface area contributed by atoms with Gasteiger partial charge >= 0.3 is 5.69 Å². The van der Waals surface area contributed by atoms with Crippen LogP contribution in [0.3, 0.4) is 0 Å². The van der Waals surface area contributed by atoms with E-state index in [-0.39, 0.29) is 28.8 Å². The van der Waals surface area contributed by atoms with Gasteiger partial charge in [-0.05, 0) is 72.6 Å². The molecule has 1 fully saturated rings. The fourth-order valence-electron chi connectivity index (χ4n) is 3.89. The first kappa shape index (κ1) is 29.7. The predicted octanol–water partition coefficient (Wildman–Crippen LogP) is 5.93. The summed E-state index contributed by atoms with van der Waals surface area (Å²) in [6.07, 6.45) is 2.30. The minimum Gasteiger partial charge on any atom is -0.490 e. The number of amides is 3. The van der Waals surface area contributed by atoms with Gasteiger partial charge in [0.25, 0.3) is 16.8 Å². The molecule has 1 saturated heterocycles. The molecule has 0 saturated carbocycles. The van der Waals surface area contributed by atoms with Crippen molar-refractivity contribution in [3.05, 3.63) is 96.9 Å². The molecule has 13 nitrogen and oxygen atoms in total. The Balaban J connectivity index is 1.51. The van der Waals surface area contributed by atoms with Gasteiger partial charge in [-0.1, -0.05) is 25.1 Å². The molecule has 3 aromatic rings. The van der Waals surface area contributed by atoms with Crippen LogP contribution in [0.4, 0.5) is 21.9 Å². The second kappa shape index (κ2) is 13.0. The van der Waals surface area contributed by atoms with Crippen molar-refractivity contribution in [1.29, 1.82) is 0 Å². The number of carbonyl (C=O) groups excluding carboxylic acids is 3. The van der Waals surface area contributed by atoms with Gasteiger partial charge in [0.05, 0.1) is 27.4 Å². The molecule has 3 aromatic carbocycles. The number of non-ortho nitro benzene ring substituents is 1. The maximum absolute atomic E-state index is 13.0. The number of thioether (sulfide) groups is 1. The van der Waals surface area contributed by atoms with Crippen LogP contribution in [0.5, 0.6) is 17.2 Å². The Labute approximate surface area is 243 Å². The number of nitro groups is 2. The lowest BCUT2D eigenvalue weighted by molar-refractivity contribution is -0.394. The Morgan fingerprint density at radius 1 is 0.952 bits per heavy atom. The number of ether oxygens (including phenoxy) is 2. The number of benzene rings is 3. The smallest absolute Gasteiger partial charge is 0.318 e. The SMILES string of the molecule is CCOc1cc(/C=C2/SC(=O)N(CC(=O)Nc3ccc(CC)cc3)C2=O)ccc1Oc1ccc([N+](=O)[O-])cc1[N+](=O)[O-]. The van der Waals surface area contributed by atoms with Gasteiger partial charge in [-0.15, -0.1) is 0 Å². The quantitative estimate of drug-likeness (QED) is 0.160. The zero-order chi connectivity index (χ0) is 30.4. The van der Waals surface area contributed by atoms with E-state index in [0.717, 1.165) is 35.1 Å². The van der Waals surface area contributed by atoms with Gasteiger partial charge in [0, 0.05) is 11.8 Å². The molecule has 0 atom stereocenters. The van der Waals surface area contributed by atoms with Gasteiger partial charge in [0.2, 0.25) is 11.7 Å². The number of imide groups is 1. The van der Waals surface area contributed by atoms with Gasteiger partial charge in [-0.2, -0.15) is 0 Å². The lowest BCUT2D eigenvalue weighted by Crippen LogP contribution is -2.36. The highest BCUT2D eigenvalue weighted by molar-refractivity contribution is 8.18. The predicted molar refractivity (Wildman–Crippen MR) is 155 cm³/mol. The third-order valence-corrected chi connectivity index (χ3v) is 6.86. The minimum absolute atomic E-state index is 0.0854. The highest BCUT2D eigenvalue weighted by atomic mass is 32.2. The average Bonchev–Trinajstić information content (AvgIpc) is 3.22. The minimum atomic E-state index is -0.796. The molecule has 0 unspecified atom stereocenters. The molecule has 0 aromatic heterocycles. The third kappa shape index (κ3) is 6.90. The molecule has 1 N–H and O–H groups in total. The molecule has 0 spiro atoms. The van der Waals surface area contributed by atoms with Crippen molar-refractivity contribution in [2.75, 3.05) is 18.5 Å². The Morgan fingerprint density at radius 2 is 1.67 bits per heavy atom. The number of nitrogens with one attached hydrogen (secondary N) is 1. The first-order chi connectivity index (χ1) is 20.1. The van der Waals surface area contributed by atoms with Crippen LogP contribution in [0, 0.1) is 20.2 Å². The number of carbonyl (C=O) groups is 3. The number of hydrogen-bond donors (Lipinski definition) is 1. The molecule has 42 heavy (non-hydrogen) atoms. The van der Waals surface area contributed by atoms with Gasteiger partial charge in [-0.3, -0.25) is 39.5 Å². The highest BCUT2D eigenvalue weighted by Crippen LogP contribution is 2.39. The van der Waals surface area contributed by atoms with E-state index >= 15 is 0 Å². The zero-order valence-corrected chi connectivity index (χ0v) is 23.2. The zero-order valence-electron chi connectivity index (χ0n) is 22.4. The number of nitro benzene ring substituents is 2. The lowest BCUT2D eigenvalue weighted by Gasteiger charge is -2.13. The van der Waals surface area contributed by atoms with Crippen LogP contribution in [0.25, 0.3) is 6.08 Å². The Bertz CT molecular complexity index is 1610.